The maximum Gasteiger partial charge on any atom is 0.325 e. The van der Waals surface area contributed by atoms with Crippen LogP contribution in [0.3, 0.4) is 0 Å². The first kappa shape index (κ1) is 18.5. The number of carbonyl (C=O) groups excluding carboxylic acids is 3. The Morgan fingerprint density at radius 1 is 1.21 bits per heavy atom. The average molecular weight is 383 g/mol. The molecule has 3 heterocycles. The first-order chi connectivity index (χ1) is 13.3. The summed E-state index contributed by atoms with van der Waals surface area (Å²) in [6.45, 7) is 6.91. The molecule has 3 atom stereocenters. The number of nitrogens with zero attached hydrogens (tertiary/aromatic N) is 2. The Labute approximate surface area is 163 Å². The van der Waals surface area contributed by atoms with Crippen LogP contribution in [0.2, 0.25) is 0 Å². The molecule has 7 heteroatoms. The molecule has 2 aliphatic heterocycles. The molecule has 2 aromatic rings. The Balaban J connectivity index is 1.54. The lowest BCUT2D eigenvalue weighted by atomic mass is 9.92. The van der Waals surface area contributed by atoms with Gasteiger partial charge in [0.2, 0.25) is 5.91 Å². The highest BCUT2D eigenvalue weighted by molar-refractivity contribution is 6.09. The van der Waals surface area contributed by atoms with Gasteiger partial charge in [0, 0.05) is 18.5 Å². The number of carbonyl (C=O) groups is 3. The molecule has 0 spiro atoms. The zero-order valence-corrected chi connectivity index (χ0v) is 16.4. The van der Waals surface area contributed by atoms with Crippen LogP contribution in [0, 0.1) is 11.8 Å². The number of fused-ring (bicyclic) bond motifs is 1. The minimum Gasteiger partial charge on any atom is -0.458 e. The maximum atomic E-state index is 13.1. The predicted molar refractivity (Wildman–Crippen MR) is 103 cm³/mol. The number of amides is 4. The SMILES string of the molecule is C[C@@H]1C[C@@H](C)CN(C(=O)CN2C(=O)N[C@@](C)(c3cc4ccccc4o3)C2=O)C1. The van der Waals surface area contributed by atoms with E-state index >= 15 is 0 Å². The number of urea groups is 1. The fraction of sp³-hybridized carbons (Fsp3) is 0.476. The summed E-state index contributed by atoms with van der Waals surface area (Å²) in [5.41, 5.74) is -0.676. The van der Waals surface area contributed by atoms with Gasteiger partial charge in [0.05, 0.1) is 0 Å². The van der Waals surface area contributed by atoms with E-state index in [1.165, 1.54) is 0 Å². The molecule has 4 amide bonds. The molecule has 0 unspecified atom stereocenters. The van der Waals surface area contributed by atoms with Gasteiger partial charge >= 0.3 is 6.03 Å². The van der Waals surface area contributed by atoms with Crippen LogP contribution in [0.5, 0.6) is 0 Å². The van der Waals surface area contributed by atoms with Crippen LogP contribution >= 0.6 is 0 Å². The standard InChI is InChI=1S/C21H25N3O4/c1-13-8-14(2)11-23(10-13)18(25)12-24-19(26)21(3,22-20(24)27)17-9-15-6-4-5-7-16(15)28-17/h4-7,9,13-14H,8,10-12H2,1-3H3,(H,22,27)/t13-,14-,21+/m1/s1. The van der Waals surface area contributed by atoms with E-state index < -0.39 is 17.5 Å². The molecule has 2 saturated heterocycles. The van der Waals surface area contributed by atoms with E-state index in [1.54, 1.807) is 17.9 Å². The van der Waals surface area contributed by atoms with Crippen LogP contribution in [0.1, 0.15) is 33.0 Å². The monoisotopic (exact) mass is 383 g/mol. The minimum absolute atomic E-state index is 0.198. The van der Waals surface area contributed by atoms with Crippen molar-refractivity contribution in [1.82, 2.24) is 15.1 Å². The largest absolute Gasteiger partial charge is 0.458 e. The molecule has 0 aliphatic carbocycles. The molecule has 2 fully saturated rings. The molecule has 28 heavy (non-hydrogen) atoms. The number of furan rings is 1. The fourth-order valence-corrected chi connectivity index (χ4v) is 4.34. The number of hydrogen-bond acceptors (Lipinski definition) is 4. The second-order valence-corrected chi connectivity index (χ2v) is 8.34. The quantitative estimate of drug-likeness (QED) is 0.826. The zero-order valence-electron chi connectivity index (χ0n) is 16.4. The summed E-state index contributed by atoms with van der Waals surface area (Å²) in [4.78, 5) is 41.1. The summed E-state index contributed by atoms with van der Waals surface area (Å²) in [6.07, 6.45) is 1.08. The van der Waals surface area contributed by atoms with Crippen molar-refractivity contribution in [2.24, 2.45) is 11.8 Å². The smallest absolute Gasteiger partial charge is 0.325 e. The van der Waals surface area contributed by atoms with Crippen LogP contribution < -0.4 is 5.32 Å². The average Bonchev–Trinajstić information content (AvgIpc) is 3.17. The zero-order chi connectivity index (χ0) is 20.1. The van der Waals surface area contributed by atoms with Crippen molar-refractivity contribution >= 4 is 28.8 Å². The van der Waals surface area contributed by atoms with Gasteiger partial charge in [-0.05, 0) is 37.3 Å². The third-order valence-electron chi connectivity index (χ3n) is 5.71. The van der Waals surface area contributed by atoms with E-state index in [9.17, 15) is 14.4 Å². The molecular formula is C21H25N3O4. The Kier molecular flexibility index (Phi) is 4.40. The normalized spacial score (nSPS) is 28.1. The van der Waals surface area contributed by atoms with Gasteiger partial charge in [-0.2, -0.15) is 0 Å². The van der Waals surface area contributed by atoms with E-state index in [2.05, 4.69) is 19.2 Å². The fourth-order valence-electron chi connectivity index (χ4n) is 4.34. The van der Waals surface area contributed by atoms with E-state index in [0.29, 0.717) is 36.3 Å². The van der Waals surface area contributed by atoms with Crippen molar-refractivity contribution in [2.75, 3.05) is 19.6 Å². The van der Waals surface area contributed by atoms with Crippen LogP contribution in [0.25, 0.3) is 11.0 Å². The van der Waals surface area contributed by atoms with Gasteiger partial charge in [0.25, 0.3) is 5.91 Å². The summed E-state index contributed by atoms with van der Waals surface area (Å²) in [5.74, 6) is 0.522. The van der Waals surface area contributed by atoms with Crippen molar-refractivity contribution in [1.29, 1.82) is 0 Å². The molecule has 1 aromatic heterocycles. The highest BCUT2D eigenvalue weighted by Gasteiger charge is 2.52. The molecule has 2 aliphatic rings. The lowest BCUT2D eigenvalue weighted by Gasteiger charge is -2.35. The van der Waals surface area contributed by atoms with Crippen molar-refractivity contribution < 1.29 is 18.8 Å². The maximum absolute atomic E-state index is 13.1. The molecule has 0 bridgehead atoms. The highest BCUT2D eigenvalue weighted by Crippen LogP contribution is 2.33. The predicted octanol–water partition coefficient (Wildman–Crippen LogP) is 2.70. The van der Waals surface area contributed by atoms with Crippen molar-refractivity contribution in [3.05, 3.63) is 36.1 Å². The Morgan fingerprint density at radius 3 is 2.57 bits per heavy atom. The van der Waals surface area contributed by atoms with Crippen LogP contribution in [-0.4, -0.2) is 47.3 Å². The number of nitrogens with one attached hydrogen (secondary N) is 1. The lowest BCUT2D eigenvalue weighted by molar-refractivity contribution is -0.140. The van der Waals surface area contributed by atoms with Crippen LogP contribution in [0.15, 0.2) is 34.7 Å². The minimum atomic E-state index is -1.32. The summed E-state index contributed by atoms with van der Waals surface area (Å²) >= 11 is 0. The second kappa shape index (κ2) is 6.65. The van der Waals surface area contributed by atoms with Gasteiger partial charge < -0.3 is 14.6 Å². The summed E-state index contributed by atoms with van der Waals surface area (Å²) in [5, 5.41) is 3.56. The van der Waals surface area contributed by atoms with Gasteiger partial charge in [0.1, 0.15) is 17.9 Å². The van der Waals surface area contributed by atoms with Crippen LogP contribution in [0.4, 0.5) is 4.79 Å². The molecule has 1 aromatic carbocycles. The summed E-state index contributed by atoms with van der Waals surface area (Å²) < 4.78 is 5.81. The molecule has 1 N–H and O–H groups in total. The van der Waals surface area contributed by atoms with Crippen molar-refractivity contribution in [3.8, 4) is 0 Å². The topological polar surface area (TPSA) is 82.9 Å². The molecule has 7 nitrogen and oxygen atoms in total. The first-order valence-corrected chi connectivity index (χ1v) is 9.69. The summed E-state index contributed by atoms with van der Waals surface area (Å²) in [7, 11) is 0. The Morgan fingerprint density at radius 2 is 1.89 bits per heavy atom. The van der Waals surface area contributed by atoms with E-state index in [1.807, 2.05) is 24.3 Å². The number of rotatable bonds is 3. The van der Waals surface area contributed by atoms with Gasteiger partial charge in [0.15, 0.2) is 5.54 Å². The number of likely N-dealkylation sites (tertiary alicyclic amines) is 1. The molecule has 4 rings (SSSR count). The third kappa shape index (κ3) is 3.04. The van der Waals surface area contributed by atoms with Crippen molar-refractivity contribution in [3.63, 3.8) is 0 Å². The lowest BCUT2D eigenvalue weighted by Crippen LogP contribution is -2.48. The number of hydrogen-bond donors (Lipinski definition) is 1. The van der Waals surface area contributed by atoms with E-state index in [4.69, 9.17) is 4.42 Å². The van der Waals surface area contributed by atoms with Gasteiger partial charge in [-0.3, -0.25) is 14.5 Å². The number of imide groups is 1. The van der Waals surface area contributed by atoms with Gasteiger partial charge in [-0.1, -0.05) is 32.0 Å². The highest BCUT2D eigenvalue weighted by atomic mass is 16.3. The van der Waals surface area contributed by atoms with E-state index in [-0.39, 0.29) is 12.5 Å². The Bertz CT molecular complexity index is 909. The van der Waals surface area contributed by atoms with Crippen molar-refractivity contribution in [2.45, 2.75) is 32.7 Å². The number of para-hydroxylation sites is 1. The van der Waals surface area contributed by atoms with Gasteiger partial charge in [-0.15, -0.1) is 0 Å². The number of benzene rings is 1. The van der Waals surface area contributed by atoms with Crippen LogP contribution in [-0.2, 0) is 15.1 Å². The third-order valence-corrected chi connectivity index (χ3v) is 5.71. The number of piperidine rings is 1. The molecular weight excluding hydrogens is 358 g/mol. The Hall–Kier alpha value is -2.83. The van der Waals surface area contributed by atoms with E-state index in [0.717, 1.165) is 16.7 Å². The second-order valence-electron chi connectivity index (χ2n) is 8.34. The molecule has 148 valence electrons. The summed E-state index contributed by atoms with van der Waals surface area (Å²) in [6, 6.07) is 8.60. The molecule has 0 saturated carbocycles. The van der Waals surface area contributed by atoms with Gasteiger partial charge in [-0.25, -0.2) is 4.79 Å². The molecule has 0 radical (unpaired) electrons. The first-order valence-electron chi connectivity index (χ1n) is 9.69.